The summed E-state index contributed by atoms with van der Waals surface area (Å²) in [5.74, 6) is -0.348. The first-order chi connectivity index (χ1) is 11.1. The molecule has 0 spiro atoms. The van der Waals surface area contributed by atoms with Crippen molar-refractivity contribution >= 4 is 17.4 Å². The van der Waals surface area contributed by atoms with Crippen molar-refractivity contribution in [3.63, 3.8) is 0 Å². The van der Waals surface area contributed by atoms with Gasteiger partial charge in [0, 0.05) is 30.4 Å². The smallest absolute Gasteiger partial charge is 0.274 e. The number of ketones is 1. The fourth-order valence-electron chi connectivity index (χ4n) is 2.52. The number of carbonyl (C=O) groups is 2. The number of rotatable bonds is 3. The van der Waals surface area contributed by atoms with E-state index in [0.29, 0.717) is 24.4 Å². The average Bonchev–Trinajstić information content (AvgIpc) is 2.58. The number of nitrogens with one attached hydrogen (secondary N) is 1. The van der Waals surface area contributed by atoms with E-state index >= 15 is 0 Å². The second-order valence-corrected chi connectivity index (χ2v) is 5.51. The molecule has 0 radical (unpaired) electrons. The first-order valence-corrected chi connectivity index (χ1v) is 7.58. The van der Waals surface area contributed by atoms with E-state index in [1.54, 1.807) is 17.0 Å². The van der Waals surface area contributed by atoms with Crippen LogP contribution in [0.25, 0.3) is 0 Å². The molecule has 3 rings (SSSR count). The number of anilines is 1. The number of allylic oxidation sites excluding steroid dienone is 1. The first-order valence-electron chi connectivity index (χ1n) is 7.58. The molecule has 1 fully saturated rings. The highest BCUT2D eigenvalue weighted by atomic mass is 16.2. The van der Waals surface area contributed by atoms with Gasteiger partial charge in [0.05, 0.1) is 0 Å². The summed E-state index contributed by atoms with van der Waals surface area (Å²) in [6.07, 6.45) is 1.39. The van der Waals surface area contributed by atoms with E-state index in [4.69, 9.17) is 0 Å². The third-order valence-corrected chi connectivity index (χ3v) is 3.81. The van der Waals surface area contributed by atoms with E-state index < -0.39 is 0 Å². The lowest BCUT2D eigenvalue weighted by Gasteiger charge is -2.29. The zero-order valence-corrected chi connectivity index (χ0v) is 13.0. The van der Waals surface area contributed by atoms with Crippen molar-refractivity contribution in [1.29, 1.82) is 0 Å². The third kappa shape index (κ3) is 3.31. The zero-order chi connectivity index (χ0) is 16.2. The number of carbonyl (C=O) groups excluding carboxylic acids is 2. The Kier molecular flexibility index (Phi) is 4.24. The fraction of sp³-hybridized carbons (Fsp3) is 0.158. The van der Waals surface area contributed by atoms with E-state index in [2.05, 4.69) is 5.32 Å². The number of benzene rings is 2. The zero-order valence-electron chi connectivity index (χ0n) is 13.0. The number of nitrogens with zero attached hydrogens (tertiary/aromatic N) is 1. The molecule has 0 aliphatic carbocycles. The summed E-state index contributed by atoms with van der Waals surface area (Å²) in [7, 11) is 0. The number of piperazine rings is 1. The lowest BCUT2D eigenvalue weighted by atomic mass is 10.1. The van der Waals surface area contributed by atoms with Crippen LogP contribution in [0, 0.1) is 6.92 Å². The molecule has 0 saturated carbocycles. The van der Waals surface area contributed by atoms with Gasteiger partial charge in [0.2, 0.25) is 0 Å². The Hall–Kier alpha value is -2.88. The van der Waals surface area contributed by atoms with Gasteiger partial charge in [-0.05, 0) is 19.1 Å². The van der Waals surface area contributed by atoms with Gasteiger partial charge in [-0.25, -0.2) is 0 Å². The number of amides is 1. The van der Waals surface area contributed by atoms with Gasteiger partial charge in [-0.15, -0.1) is 0 Å². The van der Waals surface area contributed by atoms with Gasteiger partial charge >= 0.3 is 0 Å². The lowest BCUT2D eigenvalue weighted by Crippen LogP contribution is -2.46. The van der Waals surface area contributed by atoms with Crippen molar-refractivity contribution in [2.45, 2.75) is 6.92 Å². The number of hydrogen-bond donors (Lipinski definition) is 1. The largest absolute Gasteiger partial charge is 0.379 e. The molecule has 1 aliphatic rings. The maximum absolute atomic E-state index is 12.6. The lowest BCUT2D eigenvalue weighted by molar-refractivity contribution is -0.116. The van der Waals surface area contributed by atoms with Crippen LogP contribution in [0.1, 0.15) is 15.9 Å². The summed E-state index contributed by atoms with van der Waals surface area (Å²) in [5.41, 5.74) is 2.85. The number of aryl methyl sites for hydroxylation is 1. The van der Waals surface area contributed by atoms with Gasteiger partial charge in [0.15, 0.2) is 5.78 Å². The molecule has 1 heterocycles. The number of para-hydroxylation sites is 1. The van der Waals surface area contributed by atoms with Crippen molar-refractivity contribution in [3.05, 3.63) is 77.5 Å². The SMILES string of the molecule is Cc1ccc(C(=O)/C=C2/NCCN(c3ccccc3)C2=O)cc1. The highest BCUT2D eigenvalue weighted by molar-refractivity contribution is 6.13. The molecule has 0 unspecified atom stereocenters. The highest BCUT2D eigenvalue weighted by Gasteiger charge is 2.24. The van der Waals surface area contributed by atoms with Crippen molar-refractivity contribution in [1.82, 2.24) is 5.32 Å². The summed E-state index contributed by atoms with van der Waals surface area (Å²) < 4.78 is 0. The van der Waals surface area contributed by atoms with Crippen LogP contribution in [0.3, 0.4) is 0 Å². The van der Waals surface area contributed by atoms with Crippen molar-refractivity contribution < 1.29 is 9.59 Å². The van der Waals surface area contributed by atoms with E-state index in [9.17, 15) is 9.59 Å². The average molecular weight is 306 g/mol. The van der Waals surface area contributed by atoms with Crippen LogP contribution in [0.15, 0.2) is 66.4 Å². The summed E-state index contributed by atoms with van der Waals surface area (Å²) in [4.78, 5) is 26.6. The van der Waals surface area contributed by atoms with E-state index in [1.165, 1.54) is 6.08 Å². The standard InChI is InChI=1S/C19H18N2O2/c1-14-7-9-15(10-8-14)18(22)13-17-19(23)21(12-11-20-17)16-5-3-2-4-6-16/h2-10,13,20H,11-12H2,1H3/b17-13+. The van der Waals surface area contributed by atoms with Crippen LogP contribution in [-0.4, -0.2) is 24.8 Å². The predicted molar refractivity (Wildman–Crippen MR) is 90.4 cm³/mol. The second kappa shape index (κ2) is 6.48. The predicted octanol–water partition coefficient (Wildman–Crippen LogP) is 2.70. The van der Waals surface area contributed by atoms with E-state index in [1.807, 2.05) is 49.4 Å². The van der Waals surface area contributed by atoms with Crippen LogP contribution in [-0.2, 0) is 4.79 Å². The van der Waals surface area contributed by atoms with Crippen molar-refractivity contribution in [2.75, 3.05) is 18.0 Å². The van der Waals surface area contributed by atoms with E-state index in [0.717, 1.165) is 11.3 Å². The van der Waals surface area contributed by atoms with Crippen LogP contribution < -0.4 is 10.2 Å². The molecular formula is C19H18N2O2. The van der Waals surface area contributed by atoms with Crippen LogP contribution >= 0.6 is 0 Å². The Bertz CT molecular complexity index is 749. The Morgan fingerprint density at radius 2 is 1.78 bits per heavy atom. The highest BCUT2D eigenvalue weighted by Crippen LogP contribution is 2.18. The van der Waals surface area contributed by atoms with Crippen molar-refractivity contribution in [3.8, 4) is 0 Å². The molecule has 1 amide bonds. The fourth-order valence-corrected chi connectivity index (χ4v) is 2.52. The summed E-state index contributed by atoms with van der Waals surface area (Å²) in [6, 6.07) is 16.8. The molecule has 2 aromatic rings. The molecule has 0 aromatic heterocycles. The first kappa shape index (κ1) is 15.0. The molecule has 4 heteroatoms. The monoisotopic (exact) mass is 306 g/mol. The second-order valence-electron chi connectivity index (χ2n) is 5.51. The summed E-state index contributed by atoms with van der Waals surface area (Å²) in [6.45, 7) is 3.17. The van der Waals surface area contributed by atoms with Gasteiger partial charge in [-0.3, -0.25) is 9.59 Å². The van der Waals surface area contributed by atoms with Gasteiger partial charge in [-0.1, -0.05) is 48.0 Å². The van der Waals surface area contributed by atoms with Crippen molar-refractivity contribution in [2.24, 2.45) is 0 Å². The molecule has 0 atom stereocenters. The summed E-state index contributed by atoms with van der Waals surface area (Å²) >= 11 is 0. The topological polar surface area (TPSA) is 49.4 Å². The van der Waals surface area contributed by atoms with Crippen LogP contribution in [0.5, 0.6) is 0 Å². The quantitative estimate of drug-likeness (QED) is 0.700. The molecule has 1 saturated heterocycles. The van der Waals surface area contributed by atoms with Gasteiger partial charge in [0.25, 0.3) is 5.91 Å². The van der Waals surface area contributed by atoms with Gasteiger partial charge in [0.1, 0.15) is 5.70 Å². The molecule has 116 valence electrons. The molecule has 2 aromatic carbocycles. The minimum atomic E-state index is -0.178. The molecule has 23 heavy (non-hydrogen) atoms. The molecule has 0 bridgehead atoms. The van der Waals surface area contributed by atoms with Gasteiger partial charge < -0.3 is 10.2 Å². The molecular weight excluding hydrogens is 288 g/mol. The Morgan fingerprint density at radius 1 is 1.09 bits per heavy atom. The van der Waals surface area contributed by atoms with Gasteiger partial charge in [-0.2, -0.15) is 0 Å². The molecule has 1 aliphatic heterocycles. The third-order valence-electron chi connectivity index (χ3n) is 3.81. The number of hydrogen-bond acceptors (Lipinski definition) is 3. The minimum Gasteiger partial charge on any atom is -0.379 e. The Balaban J connectivity index is 1.83. The summed E-state index contributed by atoms with van der Waals surface area (Å²) in [5, 5.41) is 3.03. The normalized spacial score (nSPS) is 16.3. The van der Waals surface area contributed by atoms with Crippen LogP contribution in [0.2, 0.25) is 0 Å². The molecule has 1 N–H and O–H groups in total. The maximum Gasteiger partial charge on any atom is 0.274 e. The molecule has 4 nitrogen and oxygen atoms in total. The Morgan fingerprint density at radius 3 is 2.48 bits per heavy atom. The maximum atomic E-state index is 12.6. The van der Waals surface area contributed by atoms with E-state index in [-0.39, 0.29) is 11.7 Å². The Labute approximate surface area is 135 Å². The van der Waals surface area contributed by atoms with Crippen LogP contribution in [0.4, 0.5) is 5.69 Å². The minimum absolute atomic E-state index is 0.171.